The van der Waals surface area contributed by atoms with Gasteiger partial charge in [-0.15, -0.1) is 0 Å². The van der Waals surface area contributed by atoms with Crippen molar-refractivity contribution in [2.24, 2.45) is 0 Å². The molecule has 20 heavy (non-hydrogen) atoms. The zero-order valence-electron chi connectivity index (χ0n) is 9.88. The Morgan fingerprint density at radius 3 is 2.35 bits per heavy atom. The first-order chi connectivity index (χ1) is 9.38. The molecule has 0 heterocycles. The van der Waals surface area contributed by atoms with Gasteiger partial charge in [-0.2, -0.15) is 0 Å². The van der Waals surface area contributed by atoms with Gasteiger partial charge < -0.3 is 11.1 Å². The molecule has 0 bridgehead atoms. The van der Waals surface area contributed by atoms with E-state index in [0.29, 0.717) is 32.0 Å². The van der Waals surface area contributed by atoms with Crippen LogP contribution in [-0.4, -0.2) is 5.91 Å². The Morgan fingerprint density at radius 2 is 1.70 bits per heavy atom. The van der Waals surface area contributed by atoms with Gasteiger partial charge in [0, 0.05) is 15.7 Å². The summed E-state index contributed by atoms with van der Waals surface area (Å²) in [7, 11) is 0. The smallest absolute Gasteiger partial charge is 0.255 e. The highest BCUT2D eigenvalue weighted by Crippen LogP contribution is 2.32. The molecule has 0 aliphatic carbocycles. The van der Waals surface area contributed by atoms with Crippen molar-refractivity contribution in [3.05, 3.63) is 55.4 Å². The number of nitrogen functional groups attached to an aromatic ring is 1. The minimum Gasteiger partial charge on any atom is -0.398 e. The van der Waals surface area contributed by atoms with Crippen LogP contribution in [0.25, 0.3) is 0 Å². The van der Waals surface area contributed by atoms with Gasteiger partial charge in [-0.05, 0) is 46.3 Å². The van der Waals surface area contributed by atoms with Gasteiger partial charge in [-0.1, -0.05) is 34.8 Å². The van der Waals surface area contributed by atoms with Gasteiger partial charge in [-0.25, -0.2) is 0 Å². The molecule has 3 N–H and O–H groups in total. The third-order valence-electron chi connectivity index (χ3n) is 2.52. The van der Waals surface area contributed by atoms with Crippen molar-refractivity contribution < 1.29 is 4.79 Å². The number of hydrogen-bond donors (Lipinski definition) is 2. The van der Waals surface area contributed by atoms with E-state index in [1.54, 1.807) is 18.2 Å². The average Bonchev–Trinajstić information content (AvgIpc) is 2.39. The zero-order valence-corrected chi connectivity index (χ0v) is 13.7. The minimum absolute atomic E-state index is 0.304. The van der Waals surface area contributed by atoms with E-state index >= 15 is 0 Å². The normalized spacial score (nSPS) is 10.4. The lowest BCUT2D eigenvalue weighted by Gasteiger charge is -2.09. The van der Waals surface area contributed by atoms with Crippen molar-refractivity contribution in [3.8, 4) is 0 Å². The first kappa shape index (κ1) is 15.4. The van der Waals surface area contributed by atoms with Crippen molar-refractivity contribution >= 4 is 68.0 Å². The van der Waals surface area contributed by atoms with Crippen LogP contribution >= 0.6 is 50.7 Å². The van der Waals surface area contributed by atoms with E-state index in [4.69, 9.17) is 40.5 Å². The Balaban J connectivity index is 2.27. The molecule has 0 saturated heterocycles. The highest BCUT2D eigenvalue weighted by Gasteiger charge is 2.12. The molecule has 3 nitrogen and oxygen atoms in total. The summed E-state index contributed by atoms with van der Waals surface area (Å²) >= 11 is 21.0. The van der Waals surface area contributed by atoms with Crippen LogP contribution in [0.1, 0.15) is 10.4 Å². The Kier molecular flexibility index (Phi) is 4.81. The van der Waals surface area contributed by atoms with E-state index in [0.717, 1.165) is 4.47 Å². The lowest BCUT2D eigenvalue weighted by molar-refractivity contribution is 0.102. The van der Waals surface area contributed by atoms with Crippen LogP contribution in [0.2, 0.25) is 15.1 Å². The molecule has 2 aromatic rings. The maximum Gasteiger partial charge on any atom is 0.255 e. The van der Waals surface area contributed by atoms with Crippen LogP contribution in [0, 0.1) is 0 Å². The van der Waals surface area contributed by atoms with E-state index < -0.39 is 0 Å². The van der Waals surface area contributed by atoms with Gasteiger partial charge in [0.2, 0.25) is 0 Å². The molecule has 0 spiro atoms. The van der Waals surface area contributed by atoms with Gasteiger partial charge in [-0.3, -0.25) is 4.79 Å². The number of benzene rings is 2. The van der Waals surface area contributed by atoms with Crippen molar-refractivity contribution in [3.63, 3.8) is 0 Å². The number of nitrogens with one attached hydrogen (secondary N) is 1. The minimum atomic E-state index is -0.343. The summed E-state index contributed by atoms with van der Waals surface area (Å²) in [4.78, 5) is 12.1. The Hall–Kier alpha value is -0.940. The number of nitrogens with two attached hydrogens (primary N) is 1. The highest BCUT2D eigenvalue weighted by atomic mass is 79.9. The molecule has 104 valence electrons. The quantitative estimate of drug-likeness (QED) is 0.540. The van der Waals surface area contributed by atoms with Crippen LogP contribution in [0.5, 0.6) is 0 Å². The predicted molar refractivity (Wildman–Crippen MR) is 88.0 cm³/mol. The lowest BCUT2D eigenvalue weighted by atomic mass is 10.2. The average molecular weight is 394 g/mol. The van der Waals surface area contributed by atoms with Crippen molar-refractivity contribution in [1.82, 2.24) is 0 Å². The maximum absolute atomic E-state index is 12.1. The van der Waals surface area contributed by atoms with Gasteiger partial charge in [0.1, 0.15) is 0 Å². The van der Waals surface area contributed by atoms with Crippen LogP contribution < -0.4 is 11.1 Å². The number of anilines is 2. The van der Waals surface area contributed by atoms with Crippen LogP contribution in [0.15, 0.2) is 34.8 Å². The molecule has 0 aliphatic rings. The fraction of sp³-hybridized carbons (Fsp3) is 0. The second-order valence-electron chi connectivity index (χ2n) is 3.94. The summed E-state index contributed by atoms with van der Waals surface area (Å²) in [6.07, 6.45) is 0. The fourth-order valence-electron chi connectivity index (χ4n) is 1.50. The van der Waals surface area contributed by atoms with Gasteiger partial charge >= 0.3 is 0 Å². The molecule has 0 radical (unpaired) electrons. The summed E-state index contributed by atoms with van der Waals surface area (Å²) in [6.45, 7) is 0. The van der Waals surface area contributed by atoms with Crippen molar-refractivity contribution in [2.75, 3.05) is 11.1 Å². The molecule has 0 saturated carbocycles. The molecule has 0 unspecified atom stereocenters. The SMILES string of the molecule is Nc1cc(C(=O)Nc2cc(Cl)c(Cl)cc2Cl)ccc1Br. The molecular weight excluding hydrogens is 386 g/mol. The number of rotatable bonds is 2. The number of hydrogen-bond acceptors (Lipinski definition) is 2. The summed E-state index contributed by atoms with van der Waals surface area (Å²) < 4.78 is 0.724. The third-order valence-corrected chi connectivity index (χ3v) is 4.27. The van der Waals surface area contributed by atoms with Gasteiger partial charge in [0.05, 0.1) is 20.8 Å². The van der Waals surface area contributed by atoms with Crippen molar-refractivity contribution in [2.45, 2.75) is 0 Å². The highest BCUT2D eigenvalue weighted by molar-refractivity contribution is 9.10. The molecule has 2 rings (SSSR count). The third kappa shape index (κ3) is 3.38. The van der Waals surface area contributed by atoms with Crippen LogP contribution in [0.4, 0.5) is 11.4 Å². The van der Waals surface area contributed by atoms with Crippen molar-refractivity contribution in [1.29, 1.82) is 0 Å². The zero-order chi connectivity index (χ0) is 14.9. The van der Waals surface area contributed by atoms with Crippen LogP contribution in [0.3, 0.4) is 0 Å². The van der Waals surface area contributed by atoms with Crippen LogP contribution in [-0.2, 0) is 0 Å². The maximum atomic E-state index is 12.1. The summed E-state index contributed by atoms with van der Waals surface area (Å²) in [5, 5.41) is 3.59. The summed E-state index contributed by atoms with van der Waals surface area (Å²) in [5.74, 6) is -0.343. The van der Waals surface area contributed by atoms with E-state index in [1.807, 2.05) is 0 Å². The van der Waals surface area contributed by atoms with E-state index in [1.165, 1.54) is 12.1 Å². The topological polar surface area (TPSA) is 55.1 Å². The van der Waals surface area contributed by atoms with E-state index in [-0.39, 0.29) is 5.91 Å². The number of amides is 1. The van der Waals surface area contributed by atoms with Gasteiger partial charge in [0.15, 0.2) is 0 Å². The number of carbonyl (C=O) groups excluding carboxylic acids is 1. The first-order valence-corrected chi connectivity index (χ1v) is 7.32. The molecule has 1 amide bonds. The molecular formula is C13H8BrCl3N2O. The second kappa shape index (κ2) is 6.22. The second-order valence-corrected chi connectivity index (χ2v) is 6.01. The molecule has 0 atom stereocenters. The molecule has 7 heteroatoms. The number of carbonyl (C=O) groups is 1. The van der Waals surface area contributed by atoms with E-state index in [2.05, 4.69) is 21.2 Å². The molecule has 0 aliphatic heterocycles. The lowest BCUT2D eigenvalue weighted by Crippen LogP contribution is -2.12. The first-order valence-electron chi connectivity index (χ1n) is 5.39. The molecule has 0 aromatic heterocycles. The van der Waals surface area contributed by atoms with E-state index in [9.17, 15) is 4.79 Å². The molecule has 0 fully saturated rings. The summed E-state index contributed by atoms with van der Waals surface area (Å²) in [5.41, 5.74) is 7.00. The standard InChI is InChI=1S/C13H8BrCl3N2O/c14-7-2-1-6(3-11(7)18)13(20)19-12-5-9(16)8(15)4-10(12)17/h1-5H,18H2,(H,19,20). The molecule has 2 aromatic carbocycles. The summed E-state index contributed by atoms with van der Waals surface area (Å²) in [6, 6.07) is 7.86. The Bertz CT molecular complexity index is 692. The fourth-order valence-corrected chi connectivity index (χ4v) is 2.34. The predicted octanol–water partition coefficient (Wildman–Crippen LogP) is 5.24. The number of halogens is 4. The Labute approximate surface area is 139 Å². The largest absolute Gasteiger partial charge is 0.398 e. The monoisotopic (exact) mass is 392 g/mol. The Morgan fingerprint density at radius 1 is 1.05 bits per heavy atom. The van der Waals surface area contributed by atoms with Gasteiger partial charge in [0.25, 0.3) is 5.91 Å².